The van der Waals surface area contributed by atoms with E-state index in [2.05, 4.69) is 31.3 Å². The highest BCUT2D eigenvalue weighted by Crippen LogP contribution is 2.13. The Morgan fingerprint density at radius 1 is 1.35 bits per heavy atom. The fourth-order valence-corrected chi connectivity index (χ4v) is 2.23. The number of hydrogen-bond acceptors (Lipinski definition) is 2. The molecule has 1 fully saturated rings. The molecule has 1 atom stereocenters. The second-order valence-electron chi connectivity index (χ2n) is 4.92. The van der Waals surface area contributed by atoms with E-state index in [0.29, 0.717) is 5.92 Å². The Hall–Kier alpha value is -1.35. The van der Waals surface area contributed by atoms with E-state index in [1.807, 2.05) is 23.1 Å². The van der Waals surface area contributed by atoms with Crippen LogP contribution in [-0.2, 0) is 11.3 Å². The standard InChI is InChI=1S/C14H20N2O/c1-11(2)13-14(17)16(9-8-15-13)10-12-6-4-3-5-7-12/h3-7,11,13,15H,8-10H2,1-2H3/t13-/m1/s1. The van der Waals surface area contributed by atoms with Gasteiger partial charge in [0, 0.05) is 19.6 Å². The molecule has 1 aromatic carbocycles. The maximum atomic E-state index is 12.2. The molecule has 1 aliphatic rings. The number of benzene rings is 1. The zero-order chi connectivity index (χ0) is 12.3. The van der Waals surface area contributed by atoms with Crippen molar-refractivity contribution in [1.29, 1.82) is 0 Å². The van der Waals surface area contributed by atoms with E-state index < -0.39 is 0 Å². The topological polar surface area (TPSA) is 32.3 Å². The van der Waals surface area contributed by atoms with Crippen LogP contribution in [0.4, 0.5) is 0 Å². The molecule has 1 aliphatic heterocycles. The number of carbonyl (C=O) groups is 1. The van der Waals surface area contributed by atoms with Crippen LogP contribution in [0.25, 0.3) is 0 Å². The summed E-state index contributed by atoms with van der Waals surface area (Å²) in [5, 5.41) is 3.29. The Morgan fingerprint density at radius 3 is 2.71 bits per heavy atom. The maximum Gasteiger partial charge on any atom is 0.240 e. The molecule has 1 aromatic rings. The highest BCUT2D eigenvalue weighted by Gasteiger charge is 2.30. The molecule has 3 nitrogen and oxygen atoms in total. The average molecular weight is 232 g/mol. The number of hydrogen-bond donors (Lipinski definition) is 1. The van der Waals surface area contributed by atoms with Gasteiger partial charge in [-0.25, -0.2) is 0 Å². The lowest BCUT2D eigenvalue weighted by atomic mass is 10.0. The van der Waals surface area contributed by atoms with Crippen molar-refractivity contribution < 1.29 is 4.79 Å². The lowest BCUT2D eigenvalue weighted by Crippen LogP contribution is -2.56. The second kappa shape index (κ2) is 5.32. The lowest BCUT2D eigenvalue weighted by Gasteiger charge is -2.35. The van der Waals surface area contributed by atoms with Crippen LogP contribution in [0.5, 0.6) is 0 Å². The first-order chi connectivity index (χ1) is 8.18. The van der Waals surface area contributed by atoms with Gasteiger partial charge in [0.05, 0.1) is 6.04 Å². The van der Waals surface area contributed by atoms with Gasteiger partial charge in [-0.3, -0.25) is 4.79 Å². The van der Waals surface area contributed by atoms with E-state index in [1.54, 1.807) is 0 Å². The number of carbonyl (C=O) groups excluding carboxylic acids is 1. The van der Waals surface area contributed by atoms with Crippen molar-refractivity contribution in [3.63, 3.8) is 0 Å². The highest BCUT2D eigenvalue weighted by atomic mass is 16.2. The molecule has 0 aliphatic carbocycles. The van der Waals surface area contributed by atoms with Gasteiger partial charge in [0.2, 0.25) is 5.91 Å². The molecule has 0 spiro atoms. The van der Waals surface area contributed by atoms with Crippen molar-refractivity contribution in [2.45, 2.75) is 26.4 Å². The maximum absolute atomic E-state index is 12.2. The molecule has 3 heteroatoms. The smallest absolute Gasteiger partial charge is 0.240 e. The molecule has 1 heterocycles. The van der Waals surface area contributed by atoms with Gasteiger partial charge in [-0.2, -0.15) is 0 Å². The van der Waals surface area contributed by atoms with E-state index in [1.165, 1.54) is 5.56 Å². The Bertz CT molecular complexity index is 375. The third-order valence-corrected chi connectivity index (χ3v) is 3.21. The van der Waals surface area contributed by atoms with Crippen molar-refractivity contribution >= 4 is 5.91 Å². The van der Waals surface area contributed by atoms with Crippen LogP contribution in [0.15, 0.2) is 30.3 Å². The van der Waals surface area contributed by atoms with E-state index in [4.69, 9.17) is 0 Å². The fourth-order valence-electron chi connectivity index (χ4n) is 2.23. The predicted molar refractivity (Wildman–Crippen MR) is 68.5 cm³/mol. The summed E-state index contributed by atoms with van der Waals surface area (Å²) in [5.74, 6) is 0.580. The van der Waals surface area contributed by atoms with Gasteiger partial charge in [-0.1, -0.05) is 44.2 Å². The third kappa shape index (κ3) is 2.86. The molecule has 2 rings (SSSR count). The zero-order valence-electron chi connectivity index (χ0n) is 10.5. The van der Waals surface area contributed by atoms with E-state index >= 15 is 0 Å². The summed E-state index contributed by atoms with van der Waals surface area (Å²) in [5.41, 5.74) is 1.20. The molecule has 17 heavy (non-hydrogen) atoms. The second-order valence-corrected chi connectivity index (χ2v) is 4.92. The minimum absolute atomic E-state index is 0.0209. The molecule has 0 bridgehead atoms. The summed E-state index contributed by atoms with van der Waals surface area (Å²) in [6.45, 7) is 6.59. The number of amides is 1. The van der Waals surface area contributed by atoms with Crippen molar-refractivity contribution in [1.82, 2.24) is 10.2 Å². The lowest BCUT2D eigenvalue weighted by molar-refractivity contribution is -0.137. The summed E-state index contributed by atoms with van der Waals surface area (Å²) < 4.78 is 0. The first kappa shape index (κ1) is 12.1. The van der Waals surface area contributed by atoms with Gasteiger partial charge in [0.1, 0.15) is 0 Å². The quantitative estimate of drug-likeness (QED) is 0.859. The zero-order valence-corrected chi connectivity index (χ0v) is 10.5. The summed E-state index contributed by atoms with van der Waals surface area (Å²) in [4.78, 5) is 14.2. The van der Waals surface area contributed by atoms with E-state index in [0.717, 1.165) is 19.6 Å². The molecular weight excluding hydrogens is 212 g/mol. The first-order valence-electron chi connectivity index (χ1n) is 6.24. The molecular formula is C14H20N2O. The highest BCUT2D eigenvalue weighted by molar-refractivity contribution is 5.82. The predicted octanol–water partition coefficient (Wildman–Crippen LogP) is 1.64. The van der Waals surface area contributed by atoms with Crippen LogP contribution in [0.1, 0.15) is 19.4 Å². The van der Waals surface area contributed by atoms with Crippen LogP contribution in [0.2, 0.25) is 0 Å². The largest absolute Gasteiger partial charge is 0.336 e. The van der Waals surface area contributed by atoms with Gasteiger partial charge in [-0.15, -0.1) is 0 Å². The minimum atomic E-state index is -0.0209. The van der Waals surface area contributed by atoms with Crippen molar-refractivity contribution in [2.24, 2.45) is 5.92 Å². The van der Waals surface area contributed by atoms with Crippen LogP contribution < -0.4 is 5.32 Å². The molecule has 0 saturated carbocycles. The summed E-state index contributed by atoms with van der Waals surface area (Å²) in [6.07, 6.45) is 0. The van der Waals surface area contributed by atoms with Crippen LogP contribution >= 0.6 is 0 Å². The number of nitrogens with zero attached hydrogens (tertiary/aromatic N) is 1. The molecule has 1 saturated heterocycles. The van der Waals surface area contributed by atoms with Gasteiger partial charge in [0.25, 0.3) is 0 Å². The van der Waals surface area contributed by atoms with E-state index in [-0.39, 0.29) is 11.9 Å². The summed E-state index contributed by atoms with van der Waals surface area (Å²) >= 11 is 0. The third-order valence-electron chi connectivity index (χ3n) is 3.21. The first-order valence-corrected chi connectivity index (χ1v) is 6.24. The fraction of sp³-hybridized carbons (Fsp3) is 0.500. The Morgan fingerprint density at radius 2 is 2.06 bits per heavy atom. The average Bonchev–Trinajstić information content (AvgIpc) is 2.33. The number of rotatable bonds is 3. The van der Waals surface area contributed by atoms with Crippen molar-refractivity contribution in [3.05, 3.63) is 35.9 Å². The molecule has 1 N–H and O–H groups in total. The molecule has 92 valence electrons. The Balaban J connectivity index is 2.04. The summed E-state index contributed by atoms with van der Waals surface area (Å²) in [6, 6.07) is 10.1. The molecule has 1 amide bonds. The normalized spacial score (nSPS) is 21.0. The van der Waals surface area contributed by atoms with Gasteiger partial charge < -0.3 is 10.2 Å². The number of piperazine rings is 1. The SMILES string of the molecule is CC(C)[C@H]1NCCN(Cc2ccccc2)C1=O. The van der Waals surface area contributed by atoms with Crippen molar-refractivity contribution in [2.75, 3.05) is 13.1 Å². The Labute approximate surface area is 103 Å². The van der Waals surface area contributed by atoms with Crippen molar-refractivity contribution in [3.8, 4) is 0 Å². The van der Waals surface area contributed by atoms with Gasteiger partial charge >= 0.3 is 0 Å². The van der Waals surface area contributed by atoms with Crippen LogP contribution in [-0.4, -0.2) is 29.9 Å². The Kier molecular flexibility index (Phi) is 3.79. The van der Waals surface area contributed by atoms with Crippen LogP contribution in [0, 0.1) is 5.92 Å². The molecule has 0 unspecified atom stereocenters. The van der Waals surface area contributed by atoms with E-state index in [9.17, 15) is 4.79 Å². The van der Waals surface area contributed by atoms with Gasteiger partial charge in [-0.05, 0) is 11.5 Å². The minimum Gasteiger partial charge on any atom is -0.336 e. The summed E-state index contributed by atoms with van der Waals surface area (Å²) in [7, 11) is 0. The molecule has 0 aromatic heterocycles. The van der Waals surface area contributed by atoms with Crippen LogP contribution in [0.3, 0.4) is 0 Å². The number of nitrogens with one attached hydrogen (secondary N) is 1. The van der Waals surface area contributed by atoms with Gasteiger partial charge in [0.15, 0.2) is 0 Å². The molecule has 0 radical (unpaired) electrons. The monoisotopic (exact) mass is 232 g/mol.